The van der Waals surface area contributed by atoms with Crippen LogP contribution in [0.25, 0.3) is 0 Å². The van der Waals surface area contributed by atoms with E-state index in [0.717, 1.165) is 0 Å². The van der Waals surface area contributed by atoms with Gasteiger partial charge in [0, 0.05) is 9.52 Å². The fourth-order valence-corrected chi connectivity index (χ4v) is 3.18. The Morgan fingerprint density at radius 3 is 1.75 bits per heavy atom. The first-order valence-electron chi connectivity index (χ1n) is 4.00. The van der Waals surface area contributed by atoms with E-state index in [-0.39, 0.29) is 0 Å². The summed E-state index contributed by atoms with van der Waals surface area (Å²) in [6.07, 6.45) is 7.72. The summed E-state index contributed by atoms with van der Waals surface area (Å²) in [5.74, 6) is 0. The van der Waals surface area contributed by atoms with E-state index in [1.54, 1.807) is 24.9 Å². The van der Waals surface area contributed by atoms with E-state index >= 15 is 0 Å². The summed E-state index contributed by atoms with van der Waals surface area (Å²) >= 11 is 0. The molecule has 0 atom stereocenters. The van der Waals surface area contributed by atoms with Gasteiger partial charge in [0.1, 0.15) is 0 Å². The van der Waals surface area contributed by atoms with Crippen molar-refractivity contribution in [1.82, 2.24) is 0 Å². The third-order valence-electron chi connectivity index (χ3n) is 2.00. The Bertz CT molecular complexity index is 28.3. The summed E-state index contributed by atoms with van der Waals surface area (Å²) in [6, 6.07) is 3.28. The second-order valence-corrected chi connectivity index (χ2v) is 4.95. The van der Waals surface area contributed by atoms with Crippen molar-refractivity contribution in [3.05, 3.63) is 0 Å². The molecule has 8 heavy (non-hydrogen) atoms. The Balaban J connectivity index is 2.00. The van der Waals surface area contributed by atoms with E-state index in [1.807, 2.05) is 0 Å². The van der Waals surface area contributed by atoms with Crippen LogP contribution in [0.1, 0.15) is 32.1 Å². The first-order chi connectivity index (χ1) is 4.00. The van der Waals surface area contributed by atoms with Crippen LogP contribution in [0, 0.1) is 0 Å². The Labute approximate surface area is 54.5 Å². The number of rotatable bonds is 0. The van der Waals surface area contributed by atoms with Crippen molar-refractivity contribution in [3.8, 4) is 0 Å². The average molecular weight is 128 g/mol. The maximum atomic E-state index is 1.64. The van der Waals surface area contributed by atoms with E-state index in [4.69, 9.17) is 0 Å². The number of hydrogen-bond donors (Lipinski definition) is 0. The second-order valence-electron chi connectivity index (χ2n) is 2.83. The molecule has 0 bridgehead atoms. The zero-order valence-electron chi connectivity index (χ0n) is 5.66. The lowest BCUT2D eigenvalue weighted by atomic mass is 10.2. The van der Waals surface area contributed by atoms with Gasteiger partial charge >= 0.3 is 0 Å². The smallest absolute Gasteiger partial charge is 0.0197 e. The Morgan fingerprint density at radius 2 is 1.12 bits per heavy atom. The minimum Gasteiger partial charge on any atom is -0.0628 e. The van der Waals surface area contributed by atoms with Crippen LogP contribution in [0.15, 0.2) is 0 Å². The molecule has 1 aliphatic heterocycles. The fourth-order valence-electron chi connectivity index (χ4n) is 1.41. The Hall–Kier alpha value is 0.217. The van der Waals surface area contributed by atoms with Gasteiger partial charge in [-0.05, 0) is 0 Å². The normalized spacial score (nSPS) is 24.0. The lowest BCUT2D eigenvalue weighted by molar-refractivity contribution is 0.640. The summed E-state index contributed by atoms with van der Waals surface area (Å²) in [5.41, 5.74) is 0. The van der Waals surface area contributed by atoms with Crippen molar-refractivity contribution in [3.63, 3.8) is 0 Å². The first-order valence-corrected chi connectivity index (χ1v) is 6.00. The lowest BCUT2D eigenvalue weighted by Crippen LogP contribution is -1.93. The fraction of sp³-hybridized carbons (Fsp3) is 1.00. The number of hydrogen-bond acceptors (Lipinski definition) is 0. The van der Waals surface area contributed by atoms with Crippen LogP contribution in [0.2, 0.25) is 12.1 Å². The van der Waals surface area contributed by atoms with Crippen LogP contribution in [-0.2, 0) is 0 Å². The molecule has 0 saturated carbocycles. The van der Waals surface area contributed by atoms with Crippen LogP contribution in [0.3, 0.4) is 0 Å². The predicted molar refractivity (Wildman–Crippen MR) is 41.2 cm³/mol. The largest absolute Gasteiger partial charge is 0.0628 e. The van der Waals surface area contributed by atoms with Gasteiger partial charge in [0.25, 0.3) is 0 Å². The molecule has 1 heterocycles. The van der Waals surface area contributed by atoms with Crippen molar-refractivity contribution in [1.29, 1.82) is 0 Å². The van der Waals surface area contributed by atoms with Gasteiger partial charge in [-0.1, -0.05) is 44.2 Å². The van der Waals surface area contributed by atoms with E-state index in [9.17, 15) is 0 Å². The standard InChI is InChI=1S/C7H16Si/c1-2-4-6-8-7-5-3-1/h1-8H2. The molecule has 0 nitrogen and oxygen atoms in total. The SMILES string of the molecule is C1CCC[SiH2]CCC1. The van der Waals surface area contributed by atoms with Crippen LogP contribution >= 0.6 is 0 Å². The van der Waals surface area contributed by atoms with Crippen LogP contribution in [0.4, 0.5) is 0 Å². The van der Waals surface area contributed by atoms with Gasteiger partial charge in [-0.25, -0.2) is 0 Å². The maximum absolute atomic E-state index is 1.64. The molecule has 0 amide bonds. The van der Waals surface area contributed by atoms with Crippen LogP contribution in [-0.4, -0.2) is 9.52 Å². The highest BCUT2D eigenvalue weighted by Gasteiger charge is 1.96. The molecule has 0 N–H and O–H groups in total. The molecule has 0 spiro atoms. The molecular weight excluding hydrogens is 112 g/mol. The summed E-state index contributed by atoms with van der Waals surface area (Å²) in [6.45, 7) is 0. The van der Waals surface area contributed by atoms with Gasteiger partial charge < -0.3 is 0 Å². The monoisotopic (exact) mass is 128 g/mol. The highest BCUT2D eigenvalue weighted by molar-refractivity contribution is 6.35. The van der Waals surface area contributed by atoms with Crippen molar-refractivity contribution < 1.29 is 0 Å². The van der Waals surface area contributed by atoms with Crippen LogP contribution < -0.4 is 0 Å². The van der Waals surface area contributed by atoms with Gasteiger partial charge in [0.2, 0.25) is 0 Å². The molecule has 0 aromatic rings. The minimum atomic E-state index is 0.452. The highest BCUT2D eigenvalue weighted by atomic mass is 28.2. The topological polar surface area (TPSA) is 0 Å². The van der Waals surface area contributed by atoms with E-state index < -0.39 is 0 Å². The molecule has 0 aliphatic carbocycles. The quantitative estimate of drug-likeness (QED) is 0.437. The predicted octanol–water partition coefficient (Wildman–Crippen LogP) is 1.96. The minimum absolute atomic E-state index is 0.452. The molecule has 0 radical (unpaired) electrons. The van der Waals surface area contributed by atoms with Gasteiger partial charge in [-0.3, -0.25) is 0 Å². The van der Waals surface area contributed by atoms with E-state index in [2.05, 4.69) is 0 Å². The molecule has 0 aromatic carbocycles. The molecule has 0 unspecified atom stereocenters. The summed E-state index contributed by atoms with van der Waals surface area (Å²) in [4.78, 5) is 0. The molecule has 1 saturated heterocycles. The Kier molecular flexibility index (Phi) is 3.27. The van der Waals surface area contributed by atoms with Gasteiger partial charge in [0.05, 0.1) is 0 Å². The van der Waals surface area contributed by atoms with Crippen molar-refractivity contribution >= 4 is 9.52 Å². The zero-order chi connectivity index (χ0) is 5.66. The van der Waals surface area contributed by atoms with Crippen molar-refractivity contribution in [2.45, 2.75) is 44.2 Å². The Morgan fingerprint density at radius 1 is 0.625 bits per heavy atom. The highest BCUT2D eigenvalue weighted by Crippen LogP contribution is 2.12. The average Bonchev–Trinajstić information content (AvgIpc) is 1.62. The third kappa shape index (κ3) is 2.51. The molecule has 1 heteroatoms. The third-order valence-corrected chi connectivity index (χ3v) is 4.00. The van der Waals surface area contributed by atoms with Gasteiger partial charge in [0.15, 0.2) is 0 Å². The maximum Gasteiger partial charge on any atom is 0.0197 e. The van der Waals surface area contributed by atoms with Crippen molar-refractivity contribution in [2.75, 3.05) is 0 Å². The molecular formula is C7H16Si. The van der Waals surface area contributed by atoms with Gasteiger partial charge in [-0.2, -0.15) is 0 Å². The summed E-state index contributed by atoms with van der Waals surface area (Å²) < 4.78 is 0. The molecule has 48 valence electrons. The molecule has 1 rings (SSSR count). The first kappa shape index (κ1) is 6.34. The van der Waals surface area contributed by atoms with E-state index in [1.165, 1.54) is 19.3 Å². The lowest BCUT2D eigenvalue weighted by Gasteiger charge is -2.05. The summed E-state index contributed by atoms with van der Waals surface area (Å²) in [5, 5.41) is 0. The zero-order valence-corrected chi connectivity index (χ0v) is 7.07. The van der Waals surface area contributed by atoms with Crippen molar-refractivity contribution in [2.24, 2.45) is 0 Å². The second kappa shape index (κ2) is 4.13. The van der Waals surface area contributed by atoms with E-state index in [0.29, 0.717) is 9.52 Å². The summed E-state index contributed by atoms with van der Waals surface area (Å²) in [7, 11) is 0.452. The molecule has 0 aromatic heterocycles. The molecule has 1 fully saturated rings. The van der Waals surface area contributed by atoms with Gasteiger partial charge in [-0.15, -0.1) is 0 Å². The molecule has 1 aliphatic rings. The van der Waals surface area contributed by atoms with Crippen LogP contribution in [0.5, 0.6) is 0 Å².